The van der Waals surface area contributed by atoms with Crippen LogP contribution in [0.25, 0.3) is 0 Å². The minimum Gasteiger partial charge on any atom is -0.276 e. The number of carbonyl (C=O) groups excluding carboxylic acids is 1. The summed E-state index contributed by atoms with van der Waals surface area (Å²) in [4.78, 5) is 12.0. The van der Waals surface area contributed by atoms with Gasteiger partial charge in [-0.15, -0.1) is 11.8 Å². The van der Waals surface area contributed by atoms with Crippen LogP contribution >= 0.6 is 23.4 Å². The second-order valence-electron chi connectivity index (χ2n) is 4.01. The molecular weight excluding hydrogens is 216 g/mol. The zero-order valence-electron chi connectivity index (χ0n) is 8.50. The molecule has 0 aliphatic rings. The molecule has 14 heavy (non-hydrogen) atoms. The van der Waals surface area contributed by atoms with Crippen LogP contribution in [-0.4, -0.2) is 9.99 Å². The van der Waals surface area contributed by atoms with Crippen molar-refractivity contribution in [1.29, 1.82) is 0 Å². The van der Waals surface area contributed by atoms with Crippen LogP contribution in [0.3, 0.4) is 0 Å². The Balaban J connectivity index is 2.79. The minimum absolute atomic E-state index is 0.187. The lowest BCUT2D eigenvalue weighted by Crippen LogP contribution is -2.06. The number of hydrogen-bond donors (Lipinski definition) is 0. The second-order valence-corrected chi connectivity index (χ2v) is 6.26. The van der Waals surface area contributed by atoms with E-state index in [9.17, 15) is 4.79 Å². The van der Waals surface area contributed by atoms with Gasteiger partial charge in [0, 0.05) is 15.2 Å². The lowest BCUT2D eigenvalue weighted by Gasteiger charge is -2.17. The molecule has 1 aromatic rings. The monoisotopic (exact) mass is 228 g/mol. The Morgan fingerprint density at radius 3 is 2.07 bits per heavy atom. The Bertz CT molecular complexity index is 324. The molecule has 0 spiro atoms. The van der Waals surface area contributed by atoms with Crippen LogP contribution in [0.5, 0.6) is 0 Å². The molecular formula is C11H13ClOS. The van der Waals surface area contributed by atoms with Crippen molar-refractivity contribution in [3.63, 3.8) is 0 Å². The summed E-state index contributed by atoms with van der Waals surface area (Å²) in [6, 6.07) is 7.35. The van der Waals surface area contributed by atoms with Crippen molar-refractivity contribution in [2.45, 2.75) is 30.4 Å². The molecule has 1 aromatic carbocycles. The summed E-state index contributed by atoms with van der Waals surface area (Å²) in [6.07, 6.45) is 0. The van der Waals surface area contributed by atoms with E-state index in [1.807, 2.05) is 12.1 Å². The van der Waals surface area contributed by atoms with E-state index in [4.69, 9.17) is 11.6 Å². The van der Waals surface area contributed by atoms with E-state index in [2.05, 4.69) is 20.8 Å². The number of halogens is 1. The lowest BCUT2D eigenvalue weighted by molar-refractivity contribution is 0.108. The molecule has 3 heteroatoms. The summed E-state index contributed by atoms with van der Waals surface area (Å²) >= 11 is 7.11. The third-order valence-electron chi connectivity index (χ3n) is 1.51. The molecule has 0 saturated heterocycles. The van der Waals surface area contributed by atoms with Gasteiger partial charge >= 0.3 is 0 Å². The summed E-state index contributed by atoms with van der Waals surface area (Å²) in [6.45, 7) is 6.45. The van der Waals surface area contributed by atoms with Crippen molar-refractivity contribution in [3.05, 3.63) is 29.8 Å². The fraction of sp³-hybridized carbons (Fsp3) is 0.364. The quantitative estimate of drug-likeness (QED) is 0.563. The molecule has 0 aliphatic carbocycles. The van der Waals surface area contributed by atoms with Crippen LogP contribution in [0, 0.1) is 0 Å². The van der Waals surface area contributed by atoms with E-state index in [-0.39, 0.29) is 4.75 Å². The minimum atomic E-state index is -0.405. The number of rotatable bonds is 2. The van der Waals surface area contributed by atoms with Crippen molar-refractivity contribution in [1.82, 2.24) is 0 Å². The molecule has 0 N–H and O–H groups in total. The number of carbonyl (C=O) groups is 1. The smallest absolute Gasteiger partial charge is 0.252 e. The third-order valence-corrected chi connectivity index (χ3v) is 2.84. The first-order chi connectivity index (χ1) is 6.38. The molecule has 0 unspecified atom stereocenters. The topological polar surface area (TPSA) is 17.1 Å². The molecule has 76 valence electrons. The normalized spacial score (nSPS) is 11.4. The summed E-state index contributed by atoms with van der Waals surface area (Å²) < 4.78 is 0.187. The van der Waals surface area contributed by atoms with Gasteiger partial charge in [0.2, 0.25) is 0 Å². The molecule has 0 radical (unpaired) electrons. The fourth-order valence-electron chi connectivity index (χ4n) is 1.01. The first-order valence-electron chi connectivity index (χ1n) is 4.37. The van der Waals surface area contributed by atoms with Gasteiger partial charge in [0.05, 0.1) is 0 Å². The highest BCUT2D eigenvalue weighted by molar-refractivity contribution is 8.00. The van der Waals surface area contributed by atoms with E-state index < -0.39 is 5.24 Å². The van der Waals surface area contributed by atoms with Gasteiger partial charge in [0.1, 0.15) is 0 Å². The molecule has 0 aromatic heterocycles. The highest BCUT2D eigenvalue weighted by Crippen LogP contribution is 2.31. The van der Waals surface area contributed by atoms with Crippen molar-refractivity contribution in [3.8, 4) is 0 Å². The van der Waals surface area contributed by atoms with Gasteiger partial charge in [-0.25, -0.2) is 0 Å². The van der Waals surface area contributed by atoms with E-state index in [0.717, 1.165) is 4.90 Å². The van der Waals surface area contributed by atoms with E-state index in [1.165, 1.54) is 0 Å². The van der Waals surface area contributed by atoms with Gasteiger partial charge < -0.3 is 0 Å². The predicted molar refractivity (Wildman–Crippen MR) is 62.2 cm³/mol. The summed E-state index contributed by atoms with van der Waals surface area (Å²) in [5.41, 5.74) is 0.546. The maximum atomic E-state index is 10.8. The van der Waals surface area contributed by atoms with E-state index in [0.29, 0.717) is 5.56 Å². The average Bonchev–Trinajstić information content (AvgIpc) is 2.02. The first kappa shape index (κ1) is 11.6. The molecule has 0 amide bonds. The van der Waals surface area contributed by atoms with Crippen molar-refractivity contribution >= 4 is 28.6 Å². The average molecular weight is 229 g/mol. The third kappa shape index (κ3) is 3.72. The Labute approximate surface area is 93.8 Å². The maximum Gasteiger partial charge on any atom is 0.252 e. The van der Waals surface area contributed by atoms with Crippen LogP contribution < -0.4 is 0 Å². The highest BCUT2D eigenvalue weighted by Gasteiger charge is 2.12. The zero-order chi connectivity index (χ0) is 10.8. The largest absolute Gasteiger partial charge is 0.276 e. The second kappa shape index (κ2) is 4.37. The van der Waals surface area contributed by atoms with Crippen LogP contribution in [0.1, 0.15) is 31.1 Å². The molecule has 0 saturated carbocycles. The van der Waals surface area contributed by atoms with E-state index >= 15 is 0 Å². The summed E-state index contributed by atoms with van der Waals surface area (Å²) in [5, 5.41) is -0.405. The van der Waals surface area contributed by atoms with Crippen LogP contribution in [-0.2, 0) is 0 Å². The van der Waals surface area contributed by atoms with Crippen molar-refractivity contribution in [2.24, 2.45) is 0 Å². The van der Waals surface area contributed by atoms with Crippen LogP contribution in [0.4, 0.5) is 0 Å². The van der Waals surface area contributed by atoms with Gasteiger partial charge in [-0.05, 0) is 35.9 Å². The van der Waals surface area contributed by atoms with Gasteiger partial charge in [-0.2, -0.15) is 0 Å². The summed E-state index contributed by atoms with van der Waals surface area (Å²) in [5.74, 6) is 0. The molecule has 0 fully saturated rings. The Hall–Kier alpha value is -0.470. The molecule has 0 atom stereocenters. The Morgan fingerprint density at radius 2 is 1.71 bits per heavy atom. The van der Waals surface area contributed by atoms with Gasteiger partial charge in [0.25, 0.3) is 5.24 Å². The molecule has 0 heterocycles. The van der Waals surface area contributed by atoms with Crippen LogP contribution in [0.2, 0.25) is 0 Å². The SMILES string of the molecule is CC(C)(C)Sc1ccc(C(=O)Cl)cc1. The molecule has 1 rings (SSSR count). The number of benzene rings is 1. The number of thioether (sulfide) groups is 1. The Morgan fingerprint density at radius 1 is 1.21 bits per heavy atom. The zero-order valence-corrected chi connectivity index (χ0v) is 10.1. The van der Waals surface area contributed by atoms with E-state index in [1.54, 1.807) is 23.9 Å². The van der Waals surface area contributed by atoms with Gasteiger partial charge in [-0.1, -0.05) is 20.8 Å². The predicted octanol–water partition coefficient (Wildman–Crippen LogP) is 3.96. The summed E-state index contributed by atoms with van der Waals surface area (Å²) in [7, 11) is 0. The number of hydrogen-bond acceptors (Lipinski definition) is 2. The highest BCUT2D eigenvalue weighted by atomic mass is 35.5. The Kier molecular flexibility index (Phi) is 3.62. The fourth-order valence-corrected chi connectivity index (χ4v) is 2.11. The van der Waals surface area contributed by atoms with Crippen LogP contribution in [0.15, 0.2) is 29.2 Å². The first-order valence-corrected chi connectivity index (χ1v) is 5.57. The van der Waals surface area contributed by atoms with Crippen molar-refractivity contribution in [2.75, 3.05) is 0 Å². The molecule has 1 nitrogen and oxygen atoms in total. The maximum absolute atomic E-state index is 10.8. The molecule has 0 bridgehead atoms. The lowest BCUT2D eigenvalue weighted by atomic mass is 10.2. The standard InChI is InChI=1S/C11H13ClOS/c1-11(2,3)14-9-6-4-8(5-7-9)10(12)13/h4-7H,1-3H3. The molecule has 0 aliphatic heterocycles. The van der Waals surface area contributed by atoms with Gasteiger partial charge in [0.15, 0.2) is 0 Å². The van der Waals surface area contributed by atoms with Gasteiger partial charge in [-0.3, -0.25) is 4.79 Å². The van der Waals surface area contributed by atoms with Crippen molar-refractivity contribution < 1.29 is 4.79 Å².